The van der Waals surface area contributed by atoms with Crippen LogP contribution in [0.2, 0.25) is 10.0 Å². The summed E-state index contributed by atoms with van der Waals surface area (Å²) >= 11 is 12.3. The Kier molecular flexibility index (Phi) is 5.85. The minimum absolute atomic E-state index is 0.00933. The van der Waals surface area contributed by atoms with E-state index >= 15 is 0 Å². The first-order chi connectivity index (χ1) is 13.7. The van der Waals surface area contributed by atoms with Gasteiger partial charge in [0, 0.05) is 28.8 Å². The van der Waals surface area contributed by atoms with Gasteiger partial charge in [-0.15, -0.1) is 0 Å². The lowest BCUT2D eigenvalue weighted by Crippen LogP contribution is -2.09. The number of nitro groups is 2. The Morgan fingerprint density at radius 2 is 1.45 bits per heavy atom. The summed E-state index contributed by atoms with van der Waals surface area (Å²) in [7, 11) is 0. The highest BCUT2D eigenvalue weighted by Gasteiger charge is 2.32. The lowest BCUT2D eigenvalue weighted by Gasteiger charge is -2.16. The first-order valence-electron chi connectivity index (χ1n) is 8.33. The Morgan fingerprint density at radius 1 is 0.966 bits per heavy atom. The number of hydrogen-bond acceptors (Lipinski definition) is 8. The Labute approximate surface area is 173 Å². The van der Waals surface area contributed by atoms with Gasteiger partial charge < -0.3 is 9.05 Å². The molecule has 0 unspecified atom stereocenters. The van der Waals surface area contributed by atoms with Crippen LogP contribution in [0.25, 0.3) is 0 Å². The minimum atomic E-state index is -0.581. The van der Waals surface area contributed by atoms with E-state index in [2.05, 4.69) is 10.3 Å². The monoisotopic (exact) mass is 440 g/mol. The highest BCUT2D eigenvalue weighted by molar-refractivity contribution is 6.35. The van der Waals surface area contributed by atoms with Gasteiger partial charge in [0.2, 0.25) is 11.5 Å². The molecule has 3 aromatic rings. The van der Waals surface area contributed by atoms with E-state index in [1.54, 1.807) is 12.1 Å². The van der Waals surface area contributed by atoms with Crippen LogP contribution in [0, 0.1) is 34.1 Å². The lowest BCUT2D eigenvalue weighted by molar-refractivity contribution is -0.386. The molecule has 10 nitrogen and oxygen atoms in total. The summed E-state index contributed by atoms with van der Waals surface area (Å²) in [5.41, 5.74) is 0.342. The highest BCUT2D eigenvalue weighted by atomic mass is 35.5. The molecule has 0 aliphatic rings. The molecular weight excluding hydrogens is 427 g/mol. The van der Waals surface area contributed by atoms with Gasteiger partial charge in [-0.3, -0.25) is 20.2 Å². The fourth-order valence-electron chi connectivity index (χ4n) is 3.13. The van der Waals surface area contributed by atoms with Crippen molar-refractivity contribution < 1.29 is 18.9 Å². The summed E-state index contributed by atoms with van der Waals surface area (Å²) in [6.45, 7) is 2.92. The molecule has 12 heteroatoms. The number of nitrogens with zero attached hydrogens (tertiary/aromatic N) is 4. The third-order valence-electron chi connectivity index (χ3n) is 4.43. The topological polar surface area (TPSA) is 138 Å². The van der Waals surface area contributed by atoms with E-state index in [1.165, 1.54) is 19.9 Å². The molecule has 0 bridgehead atoms. The summed E-state index contributed by atoms with van der Waals surface area (Å²) < 4.78 is 10.3. The van der Waals surface area contributed by atoms with Crippen molar-refractivity contribution >= 4 is 34.6 Å². The summed E-state index contributed by atoms with van der Waals surface area (Å²) in [5.74, 6) is -0.498. The van der Waals surface area contributed by atoms with Gasteiger partial charge >= 0.3 is 11.4 Å². The van der Waals surface area contributed by atoms with Gasteiger partial charge in [0.25, 0.3) is 0 Å². The van der Waals surface area contributed by atoms with Crippen molar-refractivity contribution in [1.29, 1.82) is 0 Å². The maximum absolute atomic E-state index is 11.4. The fraction of sp³-hybridized carbons (Fsp3) is 0.294. The largest absolute Gasteiger partial charge is 0.354 e. The van der Waals surface area contributed by atoms with E-state index in [0.29, 0.717) is 15.6 Å². The third kappa shape index (κ3) is 4.22. The molecule has 0 N–H and O–H groups in total. The van der Waals surface area contributed by atoms with Crippen LogP contribution < -0.4 is 0 Å². The molecule has 2 aromatic heterocycles. The zero-order valence-corrected chi connectivity index (χ0v) is 16.7. The maximum Gasteiger partial charge on any atom is 0.334 e. The molecule has 29 heavy (non-hydrogen) atoms. The van der Waals surface area contributed by atoms with Gasteiger partial charge in [0.15, 0.2) is 11.4 Å². The standard InChI is InChI=1S/C17H14Cl2N4O6/c1-8-16(22(24)25)14(28-20-8)5-10(12-4-3-11(18)7-13(12)19)6-15-17(23(26)27)9(2)21-29-15/h3-4,7,10H,5-6H2,1-2H3. The number of aromatic nitrogens is 2. The first-order valence-corrected chi connectivity index (χ1v) is 9.08. The summed E-state index contributed by atoms with van der Waals surface area (Å²) in [6.07, 6.45) is 0.0187. The molecule has 2 heterocycles. The maximum atomic E-state index is 11.4. The van der Waals surface area contributed by atoms with Crippen LogP contribution in [0.3, 0.4) is 0 Å². The van der Waals surface area contributed by atoms with Crippen molar-refractivity contribution in [3.63, 3.8) is 0 Å². The van der Waals surface area contributed by atoms with E-state index in [0.717, 1.165) is 0 Å². The molecule has 0 atom stereocenters. The second-order valence-electron chi connectivity index (χ2n) is 6.36. The average Bonchev–Trinajstić information content (AvgIpc) is 3.17. The molecule has 0 radical (unpaired) electrons. The van der Waals surface area contributed by atoms with Crippen LogP contribution in [0.1, 0.15) is 34.4 Å². The summed E-state index contributed by atoms with van der Waals surface area (Å²) in [6, 6.07) is 4.78. The van der Waals surface area contributed by atoms with E-state index in [9.17, 15) is 20.2 Å². The molecule has 152 valence electrons. The summed E-state index contributed by atoms with van der Waals surface area (Å²) in [5, 5.41) is 30.8. The predicted molar refractivity (Wildman–Crippen MR) is 102 cm³/mol. The number of hydrogen-bond donors (Lipinski definition) is 0. The van der Waals surface area contributed by atoms with Crippen LogP contribution in [0.5, 0.6) is 0 Å². The quantitative estimate of drug-likeness (QED) is 0.370. The minimum Gasteiger partial charge on any atom is -0.354 e. The zero-order valence-electron chi connectivity index (χ0n) is 15.2. The second-order valence-corrected chi connectivity index (χ2v) is 7.21. The van der Waals surface area contributed by atoms with Crippen LogP contribution in [-0.4, -0.2) is 20.2 Å². The number of benzene rings is 1. The molecule has 0 fully saturated rings. The van der Waals surface area contributed by atoms with Crippen LogP contribution in [0.15, 0.2) is 27.2 Å². The van der Waals surface area contributed by atoms with Crippen molar-refractivity contribution in [3.05, 3.63) is 76.9 Å². The molecule has 1 aromatic carbocycles. The first kappa shape index (κ1) is 20.7. The molecular formula is C17H14Cl2N4O6. The molecule has 3 rings (SSSR count). The van der Waals surface area contributed by atoms with Crippen molar-refractivity contribution in [2.75, 3.05) is 0 Å². The van der Waals surface area contributed by atoms with Gasteiger partial charge in [-0.1, -0.05) is 39.6 Å². The predicted octanol–water partition coefficient (Wildman–Crippen LogP) is 4.97. The number of rotatable bonds is 7. The van der Waals surface area contributed by atoms with Gasteiger partial charge in [-0.2, -0.15) is 0 Å². The van der Waals surface area contributed by atoms with E-state index in [4.69, 9.17) is 32.2 Å². The third-order valence-corrected chi connectivity index (χ3v) is 4.99. The molecule has 0 spiro atoms. The molecule has 0 amide bonds. The van der Waals surface area contributed by atoms with E-state index in [-0.39, 0.29) is 47.1 Å². The van der Waals surface area contributed by atoms with Crippen molar-refractivity contribution in [3.8, 4) is 0 Å². The normalized spacial score (nSPS) is 11.2. The van der Waals surface area contributed by atoms with Crippen molar-refractivity contribution in [2.45, 2.75) is 32.6 Å². The van der Waals surface area contributed by atoms with Gasteiger partial charge in [-0.05, 0) is 31.5 Å². The highest BCUT2D eigenvalue weighted by Crippen LogP contribution is 2.37. The smallest absolute Gasteiger partial charge is 0.334 e. The van der Waals surface area contributed by atoms with Gasteiger partial charge in [-0.25, -0.2) is 0 Å². The molecule has 0 aliphatic heterocycles. The fourth-order valence-corrected chi connectivity index (χ4v) is 3.69. The van der Waals surface area contributed by atoms with Crippen LogP contribution in [-0.2, 0) is 12.8 Å². The van der Waals surface area contributed by atoms with Crippen LogP contribution >= 0.6 is 23.2 Å². The number of halogens is 2. The van der Waals surface area contributed by atoms with E-state index < -0.39 is 15.8 Å². The van der Waals surface area contributed by atoms with E-state index in [1.807, 2.05) is 0 Å². The molecule has 0 saturated heterocycles. The van der Waals surface area contributed by atoms with Gasteiger partial charge in [0.1, 0.15) is 0 Å². The molecule has 0 aliphatic carbocycles. The summed E-state index contributed by atoms with van der Waals surface area (Å²) in [4.78, 5) is 21.6. The van der Waals surface area contributed by atoms with Crippen molar-refractivity contribution in [2.24, 2.45) is 0 Å². The Hall–Kier alpha value is -2.98. The Bertz CT molecular complexity index is 1030. The SMILES string of the molecule is Cc1noc(CC(Cc2onc(C)c2[N+](=O)[O-])c2ccc(Cl)cc2Cl)c1[N+](=O)[O-]. The van der Waals surface area contributed by atoms with Crippen molar-refractivity contribution in [1.82, 2.24) is 10.3 Å². The molecule has 0 saturated carbocycles. The zero-order chi connectivity index (χ0) is 21.3. The lowest BCUT2D eigenvalue weighted by atomic mass is 9.89. The average molecular weight is 441 g/mol. The second kappa shape index (κ2) is 8.18. The van der Waals surface area contributed by atoms with Gasteiger partial charge in [0.05, 0.1) is 9.85 Å². The van der Waals surface area contributed by atoms with Crippen LogP contribution in [0.4, 0.5) is 11.4 Å². The Morgan fingerprint density at radius 3 is 1.86 bits per heavy atom. The number of aryl methyl sites for hydroxylation is 2. The Balaban J connectivity index is 2.06.